The maximum absolute atomic E-state index is 13.5. The van der Waals surface area contributed by atoms with Crippen molar-refractivity contribution in [2.75, 3.05) is 11.9 Å². The normalized spacial score (nSPS) is 11.5. The molecular weight excluding hydrogens is 432 g/mol. The molecule has 4 aromatic rings. The van der Waals surface area contributed by atoms with Crippen molar-refractivity contribution >= 4 is 27.3 Å². The fraction of sp³-hybridized carbons (Fsp3) is 0.125. The van der Waals surface area contributed by atoms with Crippen LogP contribution in [0.5, 0.6) is 0 Å². The summed E-state index contributed by atoms with van der Waals surface area (Å²) in [7, 11) is -2.14. The van der Waals surface area contributed by atoms with Gasteiger partial charge in [-0.05, 0) is 36.8 Å². The topological polar surface area (TPSA) is 63.4 Å². The molecule has 0 amide bonds. The van der Waals surface area contributed by atoms with Gasteiger partial charge < -0.3 is 9.32 Å². The van der Waals surface area contributed by atoms with Crippen molar-refractivity contribution in [2.45, 2.75) is 23.4 Å². The van der Waals surface area contributed by atoms with Gasteiger partial charge in [-0.2, -0.15) is 4.98 Å². The Morgan fingerprint density at radius 3 is 2.26 bits per heavy atom. The Bertz CT molecular complexity index is 1300. The summed E-state index contributed by atoms with van der Waals surface area (Å²) in [5.74, 6) is 0.325. The standard InChI is InChI=1S/C24H21ClN2O3S/c1-17-12-14-19(15-13-17)31(28,29)23-24(27(2)16-18-8-4-3-5-9-18)30-22(26-23)20-10-6-7-11-21(20)25/h3-15H,16H2,1-2H3. The van der Waals surface area contributed by atoms with Crippen LogP contribution in [-0.2, 0) is 16.4 Å². The molecule has 0 radical (unpaired) electrons. The van der Waals surface area contributed by atoms with Gasteiger partial charge in [0.05, 0.1) is 15.5 Å². The summed E-state index contributed by atoms with van der Waals surface area (Å²) < 4.78 is 32.9. The molecule has 0 aliphatic heterocycles. The summed E-state index contributed by atoms with van der Waals surface area (Å²) >= 11 is 6.32. The minimum atomic E-state index is -3.91. The van der Waals surface area contributed by atoms with Crippen molar-refractivity contribution in [3.63, 3.8) is 0 Å². The lowest BCUT2D eigenvalue weighted by molar-refractivity contribution is 0.554. The van der Waals surface area contributed by atoms with Crippen molar-refractivity contribution in [3.05, 3.63) is 95.0 Å². The number of aromatic nitrogens is 1. The number of hydrogen-bond acceptors (Lipinski definition) is 5. The maximum Gasteiger partial charge on any atom is 0.236 e. The predicted octanol–water partition coefficient (Wildman–Crippen LogP) is 5.77. The van der Waals surface area contributed by atoms with E-state index in [1.54, 1.807) is 60.5 Å². The number of hydrogen-bond donors (Lipinski definition) is 0. The maximum atomic E-state index is 13.5. The van der Waals surface area contributed by atoms with Crippen molar-refractivity contribution in [1.29, 1.82) is 0 Å². The van der Waals surface area contributed by atoms with Gasteiger partial charge in [-0.15, -0.1) is 0 Å². The van der Waals surface area contributed by atoms with Gasteiger partial charge in [0.15, 0.2) is 0 Å². The molecule has 5 nitrogen and oxygen atoms in total. The quantitative estimate of drug-likeness (QED) is 0.371. The first-order valence-corrected chi connectivity index (χ1v) is 11.5. The Kier molecular flexibility index (Phi) is 5.85. The van der Waals surface area contributed by atoms with Crippen LogP contribution >= 0.6 is 11.6 Å². The Morgan fingerprint density at radius 2 is 1.58 bits per heavy atom. The number of anilines is 1. The van der Waals surface area contributed by atoms with Crippen LogP contribution in [0.25, 0.3) is 11.5 Å². The minimum Gasteiger partial charge on any atom is -0.419 e. The molecule has 3 aromatic carbocycles. The fourth-order valence-corrected chi connectivity index (χ4v) is 4.79. The van der Waals surface area contributed by atoms with Gasteiger partial charge in [0.1, 0.15) is 0 Å². The van der Waals surface area contributed by atoms with Crippen molar-refractivity contribution in [2.24, 2.45) is 0 Å². The van der Waals surface area contributed by atoms with Crippen molar-refractivity contribution < 1.29 is 12.8 Å². The van der Waals surface area contributed by atoms with Crippen LogP contribution in [0.15, 0.2) is 93.2 Å². The molecule has 7 heteroatoms. The highest BCUT2D eigenvalue weighted by atomic mass is 35.5. The smallest absolute Gasteiger partial charge is 0.236 e. The number of halogens is 1. The van der Waals surface area contributed by atoms with E-state index in [1.807, 2.05) is 37.3 Å². The lowest BCUT2D eigenvalue weighted by Gasteiger charge is -2.17. The van der Waals surface area contributed by atoms with Crippen LogP contribution < -0.4 is 4.90 Å². The number of rotatable bonds is 6. The molecule has 158 valence electrons. The molecule has 1 heterocycles. The van der Waals surface area contributed by atoms with Gasteiger partial charge >= 0.3 is 0 Å². The summed E-state index contributed by atoms with van der Waals surface area (Å²) in [6.07, 6.45) is 0. The summed E-state index contributed by atoms with van der Waals surface area (Å²) in [5.41, 5.74) is 2.51. The third kappa shape index (κ3) is 4.36. The van der Waals surface area contributed by atoms with E-state index in [2.05, 4.69) is 4.98 Å². The van der Waals surface area contributed by atoms with Crippen LogP contribution in [0, 0.1) is 6.92 Å². The Morgan fingerprint density at radius 1 is 0.935 bits per heavy atom. The average molecular weight is 453 g/mol. The summed E-state index contributed by atoms with van der Waals surface area (Å²) in [5, 5.41) is 0.296. The highest BCUT2D eigenvalue weighted by Crippen LogP contribution is 2.36. The molecule has 4 rings (SSSR count). The molecule has 0 saturated heterocycles. The Balaban J connectivity index is 1.84. The highest BCUT2D eigenvalue weighted by Gasteiger charge is 2.30. The summed E-state index contributed by atoms with van der Waals surface area (Å²) in [6.45, 7) is 2.36. The van der Waals surface area contributed by atoms with E-state index in [4.69, 9.17) is 16.0 Å². The predicted molar refractivity (Wildman–Crippen MR) is 122 cm³/mol. The molecule has 31 heavy (non-hydrogen) atoms. The van der Waals surface area contributed by atoms with Gasteiger partial charge in [-0.3, -0.25) is 0 Å². The minimum absolute atomic E-state index is 0.135. The SMILES string of the molecule is Cc1ccc(S(=O)(=O)c2nc(-c3ccccc3Cl)oc2N(C)Cc2ccccc2)cc1. The first-order valence-electron chi connectivity index (χ1n) is 9.69. The second-order valence-corrected chi connectivity index (χ2v) is 9.54. The van der Waals surface area contributed by atoms with Crippen LogP contribution in [0.2, 0.25) is 5.02 Å². The van der Waals surface area contributed by atoms with Crippen molar-refractivity contribution in [1.82, 2.24) is 4.98 Å². The van der Waals surface area contributed by atoms with Gasteiger partial charge in [-0.1, -0.05) is 71.8 Å². The van der Waals surface area contributed by atoms with Crippen LogP contribution in [0.3, 0.4) is 0 Å². The number of sulfone groups is 1. The molecule has 1 aromatic heterocycles. The van der Waals surface area contributed by atoms with Crippen LogP contribution in [0.4, 0.5) is 5.88 Å². The molecule has 0 bridgehead atoms. The van der Waals surface area contributed by atoms with E-state index < -0.39 is 9.84 Å². The lowest BCUT2D eigenvalue weighted by Crippen LogP contribution is -2.18. The Hall–Kier alpha value is -3.09. The van der Waals surface area contributed by atoms with Crippen LogP contribution in [0.1, 0.15) is 11.1 Å². The van der Waals surface area contributed by atoms with Crippen molar-refractivity contribution in [3.8, 4) is 11.5 Å². The fourth-order valence-electron chi connectivity index (χ4n) is 3.22. The lowest BCUT2D eigenvalue weighted by atomic mass is 10.2. The van der Waals surface area contributed by atoms with E-state index in [1.165, 1.54) is 0 Å². The second kappa shape index (κ2) is 8.57. The largest absolute Gasteiger partial charge is 0.419 e. The zero-order valence-electron chi connectivity index (χ0n) is 17.1. The molecular formula is C24H21ClN2O3S. The number of aryl methyl sites for hydroxylation is 1. The summed E-state index contributed by atoms with van der Waals surface area (Å²) in [6, 6.07) is 23.5. The van der Waals surface area contributed by atoms with E-state index >= 15 is 0 Å². The number of benzene rings is 3. The van der Waals surface area contributed by atoms with Crippen LogP contribution in [-0.4, -0.2) is 20.4 Å². The number of oxazole rings is 1. The van der Waals surface area contributed by atoms with E-state index in [-0.39, 0.29) is 21.7 Å². The molecule has 0 N–H and O–H groups in total. The molecule has 0 fully saturated rings. The van der Waals surface area contributed by atoms with Gasteiger partial charge in [0.2, 0.25) is 26.6 Å². The Labute approximate surface area is 186 Å². The average Bonchev–Trinajstić information content (AvgIpc) is 3.21. The molecule has 0 aliphatic rings. The highest BCUT2D eigenvalue weighted by molar-refractivity contribution is 7.91. The van der Waals surface area contributed by atoms with E-state index in [0.29, 0.717) is 17.1 Å². The molecule has 0 spiro atoms. The molecule has 0 atom stereocenters. The van der Waals surface area contributed by atoms with E-state index in [0.717, 1.165) is 11.1 Å². The molecule has 0 unspecified atom stereocenters. The van der Waals surface area contributed by atoms with Gasteiger partial charge in [-0.25, -0.2) is 8.42 Å². The third-order valence-corrected chi connectivity index (χ3v) is 6.88. The summed E-state index contributed by atoms with van der Waals surface area (Å²) in [4.78, 5) is 6.29. The first kappa shape index (κ1) is 21.2. The second-order valence-electron chi connectivity index (χ2n) is 7.27. The molecule has 0 saturated carbocycles. The first-order chi connectivity index (χ1) is 14.9. The molecule has 0 aliphatic carbocycles. The zero-order chi connectivity index (χ0) is 22.0. The van der Waals surface area contributed by atoms with Gasteiger partial charge in [0.25, 0.3) is 0 Å². The number of nitrogens with zero attached hydrogens (tertiary/aromatic N) is 2. The monoisotopic (exact) mass is 452 g/mol. The zero-order valence-corrected chi connectivity index (χ0v) is 18.7. The van der Waals surface area contributed by atoms with Gasteiger partial charge in [0, 0.05) is 13.6 Å². The van der Waals surface area contributed by atoms with E-state index in [9.17, 15) is 8.42 Å². The third-order valence-electron chi connectivity index (χ3n) is 4.88.